The second-order valence-corrected chi connectivity index (χ2v) is 5.28. The van der Waals surface area contributed by atoms with E-state index in [1.807, 2.05) is 0 Å². The molecule has 6 heteroatoms. The molecule has 1 heterocycles. The Morgan fingerprint density at radius 2 is 1.65 bits per heavy atom. The molecule has 1 N–H and O–H groups in total. The first-order valence-corrected chi connectivity index (χ1v) is 7.27. The van der Waals surface area contributed by atoms with Crippen molar-refractivity contribution in [3.8, 4) is 11.4 Å². The topological polar surface area (TPSA) is 37.8 Å². The third-order valence-electron chi connectivity index (χ3n) is 3.14. The van der Waals surface area contributed by atoms with Crippen molar-refractivity contribution in [1.82, 2.24) is 9.97 Å². The van der Waals surface area contributed by atoms with Gasteiger partial charge in [-0.25, -0.2) is 18.7 Å². The van der Waals surface area contributed by atoms with E-state index in [0.717, 1.165) is 5.56 Å². The van der Waals surface area contributed by atoms with Crippen molar-refractivity contribution in [3.05, 3.63) is 76.9 Å². The Hall–Kier alpha value is -2.53. The van der Waals surface area contributed by atoms with E-state index in [4.69, 9.17) is 11.6 Å². The van der Waals surface area contributed by atoms with Gasteiger partial charge in [0.25, 0.3) is 0 Å². The van der Waals surface area contributed by atoms with Crippen LogP contribution in [0.25, 0.3) is 11.4 Å². The van der Waals surface area contributed by atoms with Gasteiger partial charge in [0.1, 0.15) is 22.6 Å². The van der Waals surface area contributed by atoms with Crippen LogP contribution in [-0.4, -0.2) is 9.97 Å². The van der Waals surface area contributed by atoms with Crippen molar-refractivity contribution in [2.75, 3.05) is 5.32 Å². The third kappa shape index (κ3) is 4.02. The van der Waals surface area contributed by atoms with Crippen LogP contribution in [-0.2, 0) is 6.54 Å². The first kappa shape index (κ1) is 15.4. The summed E-state index contributed by atoms with van der Waals surface area (Å²) in [7, 11) is 0. The quantitative estimate of drug-likeness (QED) is 0.705. The zero-order chi connectivity index (χ0) is 16.2. The molecule has 0 aliphatic carbocycles. The minimum absolute atomic E-state index is 0.237. The molecular formula is C17H12ClF2N3. The van der Waals surface area contributed by atoms with Crippen LogP contribution in [0.15, 0.2) is 54.6 Å². The highest BCUT2D eigenvalue weighted by molar-refractivity contribution is 6.29. The number of aromatic nitrogens is 2. The van der Waals surface area contributed by atoms with E-state index in [0.29, 0.717) is 23.8 Å². The first-order valence-electron chi connectivity index (χ1n) is 6.89. The number of benzene rings is 2. The molecule has 0 atom stereocenters. The monoisotopic (exact) mass is 331 g/mol. The summed E-state index contributed by atoms with van der Waals surface area (Å²) in [6.07, 6.45) is 0. The molecule has 0 spiro atoms. The van der Waals surface area contributed by atoms with E-state index in [-0.39, 0.29) is 16.8 Å². The fourth-order valence-electron chi connectivity index (χ4n) is 2.10. The molecule has 3 nitrogen and oxygen atoms in total. The van der Waals surface area contributed by atoms with Gasteiger partial charge in [-0.2, -0.15) is 0 Å². The summed E-state index contributed by atoms with van der Waals surface area (Å²) in [5, 5.41) is 3.29. The lowest BCUT2D eigenvalue weighted by Crippen LogP contribution is -2.03. The molecule has 23 heavy (non-hydrogen) atoms. The lowest BCUT2D eigenvalue weighted by atomic mass is 10.2. The van der Waals surface area contributed by atoms with Crippen molar-refractivity contribution in [1.29, 1.82) is 0 Å². The fraction of sp³-hybridized carbons (Fsp3) is 0.0588. The van der Waals surface area contributed by atoms with E-state index in [1.165, 1.54) is 24.3 Å². The molecule has 0 aliphatic heterocycles. The van der Waals surface area contributed by atoms with Crippen molar-refractivity contribution in [2.45, 2.75) is 6.54 Å². The second-order valence-electron chi connectivity index (χ2n) is 4.89. The number of nitrogens with one attached hydrogen (secondary N) is 1. The Kier molecular flexibility index (Phi) is 4.48. The SMILES string of the molecule is Fc1cccc(CNc2cc(Cl)nc(-c3cccc(F)c3)n2)c1. The largest absolute Gasteiger partial charge is 0.366 e. The van der Waals surface area contributed by atoms with E-state index >= 15 is 0 Å². The van der Waals surface area contributed by atoms with Crippen molar-refractivity contribution < 1.29 is 8.78 Å². The van der Waals surface area contributed by atoms with Gasteiger partial charge in [-0.15, -0.1) is 0 Å². The average Bonchev–Trinajstić information content (AvgIpc) is 2.52. The predicted molar refractivity (Wildman–Crippen MR) is 86.2 cm³/mol. The van der Waals surface area contributed by atoms with Gasteiger partial charge < -0.3 is 5.32 Å². The highest BCUT2D eigenvalue weighted by Crippen LogP contribution is 2.21. The van der Waals surface area contributed by atoms with Crippen molar-refractivity contribution in [2.24, 2.45) is 0 Å². The van der Waals surface area contributed by atoms with Crippen LogP contribution in [0.5, 0.6) is 0 Å². The molecule has 1 aromatic heterocycles. The minimum Gasteiger partial charge on any atom is -0.366 e. The van der Waals surface area contributed by atoms with Crippen LogP contribution in [0, 0.1) is 11.6 Å². The lowest BCUT2D eigenvalue weighted by molar-refractivity contribution is 0.626. The minimum atomic E-state index is -0.375. The van der Waals surface area contributed by atoms with E-state index in [1.54, 1.807) is 30.3 Å². The van der Waals surface area contributed by atoms with Crippen molar-refractivity contribution >= 4 is 17.4 Å². The zero-order valence-electron chi connectivity index (χ0n) is 11.9. The summed E-state index contributed by atoms with van der Waals surface area (Å²) < 4.78 is 26.5. The second kappa shape index (κ2) is 6.71. The summed E-state index contributed by atoms with van der Waals surface area (Å²) in [6.45, 7) is 0.383. The standard InChI is InChI=1S/C17H12ClF2N3/c18-15-9-16(21-10-11-3-1-5-13(19)7-11)23-17(22-15)12-4-2-6-14(20)8-12/h1-9H,10H2,(H,21,22,23). The number of hydrogen-bond acceptors (Lipinski definition) is 3. The molecule has 116 valence electrons. The Labute approximate surface area is 137 Å². The number of nitrogens with zero attached hydrogens (tertiary/aromatic N) is 2. The molecule has 0 amide bonds. The fourth-order valence-corrected chi connectivity index (χ4v) is 2.29. The summed E-state index contributed by atoms with van der Waals surface area (Å²) in [6, 6.07) is 13.8. The summed E-state index contributed by atoms with van der Waals surface area (Å²) in [4.78, 5) is 8.42. The Balaban J connectivity index is 1.83. The number of anilines is 1. The van der Waals surface area contributed by atoms with Gasteiger partial charge >= 0.3 is 0 Å². The first-order chi connectivity index (χ1) is 11.1. The van der Waals surface area contributed by atoms with Crippen LogP contribution in [0.4, 0.5) is 14.6 Å². The third-order valence-corrected chi connectivity index (χ3v) is 3.33. The summed E-state index contributed by atoms with van der Waals surface area (Å²) in [5.74, 6) is 0.123. The van der Waals surface area contributed by atoms with Crippen LogP contribution >= 0.6 is 11.6 Å². The molecule has 3 aromatic rings. The van der Waals surface area contributed by atoms with Crippen LogP contribution in [0.3, 0.4) is 0 Å². The number of hydrogen-bond donors (Lipinski definition) is 1. The molecule has 0 saturated heterocycles. The van der Waals surface area contributed by atoms with Gasteiger partial charge in [-0.05, 0) is 29.8 Å². The Morgan fingerprint density at radius 3 is 2.39 bits per heavy atom. The average molecular weight is 332 g/mol. The van der Waals surface area contributed by atoms with Gasteiger partial charge in [0.2, 0.25) is 0 Å². The smallest absolute Gasteiger partial charge is 0.163 e. The van der Waals surface area contributed by atoms with Gasteiger partial charge in [0, 0.05) is 18.2 Å². The molecule has 0 radical (unpaired) electrons. The zero-order valence-corrected chi connectivity index (χ0v) is 12.7. The maximum atomic E-state index is 13.3. The maximum absolute atomic E-state index is 13.3. The van der Waals surface area contributed by atoms with Crippen LogP contribution in [0.1, 0.15) is 5.56 Å². The van der Waals surface area contributed by atoms with Crippen LogP contribution < -0.4 is 5.32 Å². The van der Waals surface area contributed by atoms with E-state index in [9.17, 15) is 8.78 Å². The number of rotatable bonds is 4. The lowest BCUT2D eigenvalue weighted by Gasteiger charge is -2.08. The molecule has 0 bridgehead atoms. The van der Waals surface area contributed by atoms with E-state index in [2.05, 4.69) is 15.3 Å². The number of halogens is 3. The summed E-state index contributed by atoms with van der Waals surface area (Å²) in [5.41, 5.74) is 1.30. The van der Waals surface area contributed by atoms with Gasteiger partial charge in [0.15, 0.2) is 5.82 Å². The molecule has 0 saturated carbocycles. The van der Waals surface area contributed by atoms with Crippen LogP contribution in [0.2, 0.25) is 5.15 Å². The van der Waals surface area contributed by atoms with Gasteiger partial charge in [-0.1, -0.05) is 35.9 Å². The molecule has 0 unspecified atom stereocenters. The van der Waals surface area contributed by atoms with Gasteiger partial charge in [-0.3, -0.25) is 0 Å². The Bertz CT molecular complexity index is 840. The highest BCUT2D eigenvalue weighted by Gasteiger charge is 2.07. The highest BCUT2D eigenvalue weighted by atomic mass is 35.5. The summed E-state index contributed by atoms with van der Waals surface area (Å²) >= 11 is 6.00. The molecule has 0 fully saturated rings. The normalized spacial score (nSPS) is 10.6. The molecule has 2 aromatic carbocycles. The van der Waals surface area contributed by atoms with Gasteiger partial charge in [0.05, 0.1) is 0 Å². The molecule has 3 rings (SSSR count). The predicted octanol–water partition coefficient (Wildman–Crippen LogP) is 4.69. The molecule has 0 aliphatic rings. The molecular weight excluding hydrogens is 320 g/mol. The Morgan fingerprint density at radius 1 is 0.913 bits per heavy atom. The van der Waals surface area contributed by atoms with Crippen molar-refractivity contribution in [3.63, 3.8) is 0 Å². The maximum Gasteiger partial charge on any atom is 0.163 e. The van der Waals surface area contributed by atoms with E-state index < -0.39 is 0 Å².